The maximum absolute atomic E-state index is 13.1. The maximum atomic E-state index is 13.1. The number of sulfonamides is 1. The largest absolute Gasteiger partial charge is 0.329 e. The summed E-state index contributed by atoms with van der Waals surface area (Å²) in [6.45, 7) is 0.0956. The van der Waals surface area contributed by atoms with Gasteiger partial charge in [0, 0.05) is 12.1 Å². The Hall–Kier alpha value is -0.830. The van der Waals surface area contributed by atoms with Crippen molar-refractivity contribution < 1.29 is 21.6 Å². The molecule has 0 radical (unpaired) electrons. The normalized spacial score (nSPS) is 17.5. The first kappa shape index (κ1) is 18.2. The molecule has 9 heteroatoms. The van der Waals surface area contributed by atoms with Gasteiger partial charge in [0.2, 0.25) is 10.0 Å². The van der Waals surface area contributed by atoms with Crippen LogP contribution in [-0.4, -0.2) is 20.5 Å². The van der Waals surface area contributed by atoms with Crippen molar-refractivity contribution in [2.45, 2.75) is 36.1 Å². The molecule has 0 bridgehead atoms. The minimum Gasteiger partial charge on any atom is -0.329 e. The number of rotatable bonds is 4. The molecule has 0 unspecified atom stereocenters. The summed E-state index contributed by atoms with van der Waals surface area (Å²) in [6.07, 6.45) is 2.78. The number of hydrogen-bond donors (Lipinski definition) is 2. The van der Waals surface area contributed by atoms with Crippen LogP contribution < -0.4 is 10.5 Å². The van der Waals surface area contributed by atoms with Gasteiger partial charge in [-0.2, -0.15) is 0 Å². The summed E-state index contributed by atoms with van der Waals surface area (Å²) in [4.78, 5) is -0.645. The van der Waals surface area contributed by atoms with Crippen molar-refractivity contribution in [1.82, 2.24) is 4.72 Å². The van der Waals surface area contributed by atoms with Crippen LogP contribution in [0, 0.1) is 17.5 Å². The van der Waals surface area contributed by atoms with Gasteiger partial charge in [-0.3, -0.25) is 0 Å². The van der Waals surface area contributed by atoms with Crippen molar-refractivity contribution in [3.63, 3.8) is 0 Å². The van der Waals surface area contributed by atoms with Gasteiger partial charge in [-0.1, -0.05) is 12.8 Å². The lowest BCUT2D eigenvalue weighted by Crippen LogP contribution is -2.51. The molecule has 1 aromatic rings. The molecule has 0 heterocycles. The Balaban J connectivity index is 0.00000220. The lowest BCUT2D eigenvalue weighted by molar-refractivity contribution is 0.398. The van der Waals surface area contributed by atoms with E-state index < -0.39 is 37.9 Å². The molecule has 0 saturated heterocycles. The number of halogens is 4. The van der Waals surface area contributed by atoms with Crippen LogP contribution in [0.5, 0.6) is 0 Å². The minimum atomic E-state index is -4.15. The highest BCUT2D eigenvalue weighted by Crippen LogP contribution is 2.30. The van der Waals surface area contributed by atoms with Gasteiger partial charge in [0.25, 0.3) is 0 Å². The van der Waals surface area contributed by atoms with Crippen LogP contribution in [0.15, 0.2) is 17.0 Å². The topological polar surface area (TPSA) is 72.2 Å². The van der Waals surface area contributed by atoms with E-state index in [9.17, 15) is 21.6 Å². The van der Waals surface area contributed by atoms with Crippen molar-refractivity contribution in [2.24, 2.45) is 5.73 Å². The molecule has 1 fully saturated rings. The van der Waals surface area contributed by atoms with Crippen LogP contribution in [0.4, 0.5) is 13.2 Å². The molecular formula is C12H16ClF3N2O2S. The number of nitrogens with one attached hydrogen (secondary N) is 1. The van der Waals surface area contributed by atoms with Gasteiger partial charge in [-0.15, -0.1) is 12.4 Å². The van der Waals surface area contributed by atoms with Crippen molar-refractivity contribution in [3.05, 3.63) is 29.6 Å². The first-order valence-electron chi connectivity index (χ1n) is 6.18. The molecule has 21 heavy (non-hydrogen) atoms. The Morgan fingerprint density at radius 3 is 2.05 bits per heavy atom. The summed E-state index contributed by atoms with van der Waals surface area (Å²) in [5.74, 6) is -4.78. The average Bonchev–Trinajstić information content (AvgIpc) is 2.83. The molecule has 1 saturated carbocycles. The third-order valence-corrected chi connectivity index (χ3v) is 5.13. The SMILES string of the molecule is Cl.NCC1(NS(=O)(=O)c2cc(F)c(F)c(F)c2)CCCC1. The molecule has 0 atom stereocenters. The minimum absolute atomic E-state index is 0. The predicted octanol–water partition coefficient (Wildman–Crippen LogP) is 2.08. The fourth-order valence-corrected chi connectivity index (χ4v) is 3.92. The number of nitrogens with two attached hydrogens (primary N) is 1. The van der Waals surface area contributed by atoms with E-state index in [4.69, 9.17) is 5.73 Å². The average molecular weight is 345 g/mol. The monoisotopic (exact) mass is 344 g/mol. The van der Waals surface area contributed by atoms with E-state index in [1.807, 2.05) is 0 Å². The molecule has 0 spiro atoms. The third kappa shape index (κ3) is 3.68. The van der Waals surface area contributed by atoms with E-state index in [1.54, 1.807) is 0 Å². The van der Waals surface area contributed by atoms with Gasteiger partial charge >= 0.3 is 0 Å². The van der Waals surface area contributed by atoms with E-state index in [2.05, 4.69) is 4.72 Å². The lowest BCUT2D eigenvalue weighted by Gasteiger charge is -2.28. The summed E-state index contributed by atoms with van der Waals surface area (Å²) in [5, 5.41) is 0. The second kappa shape index (κ2) is 6.51. The molecular weight excluding hydrogens is 329 g/mol. The second-order valence-electron chi connectivity index (χ2n) is 5.00. The van der Waals surface area contributed by atoms with Crippen LogP contribution in [-0.2, 0) is 10.0 Å². The Labute approximate surface area is 127 Å². The highest BCUT2D eigenvalue weighted by molar-refractivity contribution is 7.89. The summed E-state index contributed by atoms with van der Waals surface area (Å²) in [5.41, 5.74) is 4.81. The lowest BCUT2D eigenvalue weighted by atomic mass is 10.0. The fourth-order valence-electron chi connectivity index (χ4n) is 2.43. The summed E-state index contributed by atoms with van der Waals surface area (Å²) in [6, 6.07) is 0.916. The maximum Gasteiger partial charge on any atom is 0.241 e. The zero-order valence-corrected chi connectivity index (χ0v) is 12.7. The Bertz CT molecular complexity index is 596. The van der Waals surface area contributed by atoms with Crippen LogP contribution in [0.1, 0.15) is 25.7 Å². The quantitative estimate of drug-likeness (QED) is 0.821. The Morgan fingerprint density at radius 2 is 1.62 bits per heavy atom. The molecule has 0 aliphatic heterocycles. The van der Waals surface area contributed by atoms with Gasteiger partial charge in [0.1, 0.15) is 0 Å². The van der Waals surface area contributed by atoms with E-state index in [0.717, 1.165) is 12.8 Å². The zero-order valence-electron chi connectivity index (χ0n) is 11.0. The van der Waals surface area contributed by atoms with Crippen LogP contribution >= 0.6 is 12.4 Å². The van der Waals surface area contributed by atoms with E-state index in [-0.39, 0.29) is 19.0 Å². The van der Waals surface area contributed by atoms with Crippen LogP contribution in [0.3, 0.4) is 0 Å². The molecule has 2 rings (SSSR count). The van der Waals surface area contributed by atoms with Crippen molar-refractivity contribution in [2.75, 3.05) is 6.54 Å². The first-order valence-corrected chi connectivity index (χ1v) is 7.67. The third-order valence-electron chi connectivity index (χ3n) is 3.57. The molecule has 1 aromatic carbocycles. The molecule has 1 aliphatic rings. The molecule has 3 N–H and O–H groups in total. The predicted molar refractivity (Wildman–Crippen MR) is 74.1 cm³/mol. The van der Waals surface area contributed by atoms with Gasteiger partial charge in [0.15, 0.2) is 17.5 Å². The van der Waals surface area contributed by atoms with Crippen molar-refractivity contribution in [1.29, 1.82) is 0 Å². The highest BCUT2D eigenvalue weighted by atomic mass is 35.5. The van der Waals surface area contributed by atoms with Crippen LogP contribution in [0.2, 0.25) is 0 Å². The van der Waals surface area contributed by atoms with Gasteiger partial charge < -0.3 is 5.73 Å². The molecule has 0 aromatic heterocycles. The van der Waals surface area contributed by atoms with Gasteiger partial charge in [-0.05, 0) is 25.0 Å². The van der Waals surface area contributed by atoms with Crippen molar-refractivity contribution >= 4 is 22.4 Å². The molecule has 1 aliphatic carbocycles. The Kier molecular flexibility index (Phi) is 5.65. The fraction of sp³-hybridized carbons (Fsp3) is 0.500. The standard InChI is InChI=1S/C12H15F3N2O2S.ClH/c13-9-5-8(6-10(14)11(9)15)20(18,19)17-12(7-16)3-1-2-4-12;/h5-6,17H,1-4,7,16H2;1H. The number of hydrogen-bond acceptors (Lipinski definition) is 3. The van der Waals surface area contributed by atoms with Crippen molar-refractivity contribution in [3.8, 4) is 0 Å². The van der Waals surface area contributed by atoms with E-state index in [1.165, 1.54) is 0 Å². The zero-order chi connectivity index (χ0) is 15.0. The molecule has 4 nitrogen and oxygen atoms in total. The Morgan fingerprint density at radius 1 is 1.14 bits per heavy atom. The first-order chi connectivity index (χ1) is 9.30. The number of benzene rings is 1. The van der Waals surface area contributed by atoms with Gasteiger partial charge in [-0.25, -0.2) is 26.3 Å². The van der Waals surface area contributed by atoms with E-state index >= 15 is 0 Å². The highest BCUT2D eigenvalue weighted by Gasteiger charge is 2.37. The summed E-state index contributed by atoms with van der Waals surface area (Å²) in [7, 11) is -4.15. The molecule has 0 amide bonds. The van der Waals surface area contributed by atoms with Gasteiger partial charge in [0.05, 0.1) is 4.90 Å². The molecule has 120 valence electrons. The second-order valence-corrected chi connectivity index (χ2v) is 6.68. The van der Waals surface area contributed by atoms with E-state index in [0.29, 0.717) is 25.0 Å². The summed E-state index contributed by atoms with van der Waals surface area (Å²) < 4.78 is 65.8. The summed E-state index contributed by atoms with van der Waals surface area (Å²) >= 11 is 0. The van der Waals surface area contributed by atoms with Crippen LogP contribution in [0.25, 0.3) is 0 Å². The smallest absolute Gasteiger partial charge is 0.241 e.